The largest absolute Gasteiger partial charge is 0.379 e. The van der Waals surface area contributed by atoms with Crippen LogP contribution in [0.3, 0.4) is 0 Å². The van der Waals surface area contributed by atoms with Crippen molar-refractivity contribution in [2.75, 3.05) is 26.4 Å². The second-order valence-electron chi connectivity index (χ2n) is 5.78. The Morgan fingerprint density at radius 1 is 0.476 bits per heavy atom. The highest BCUT2D eigenvalue weighted by atomic mass is 16.5. The lowest BCUT2D eigenvalue weighted by Gasteiger charge is -2.05. The molecule has 0 aliphatic carbocycles. The summed E-state index contributed by atoms with van der Waals surface area (Å²) in [6.07, 6.45) is 9.60. The fourth-order valence-electron chi connectivity index (χ4n) is 2.49. The van der Waals surface area contributed by atoms with E-state index in [4.69, 9.17) is 9.47 Å². The number of carbonyl (C=O) groups is 2. The van der Waals surface area contributed by atoms with Crippen LogP contribution in [0.2, 0.25) is 0 Å². The molecule has 4 heteroatoms. The summed E-state index contributed by atoms with van der Waals surface area (Å²) in [5, 5.41) is 0. The van der Waals surface area contributed by atoms with Gasteiger partial charge in [-0.15, -0.1) is 0 Å². The third-order valence-electron chi connectivity index (χ3n) is 3.77. The van der Waals surface area contributed by atoms with Crippen LogP contribution in [0.25, 0.3) is 0 Å². The van der Waals surface area contributed by atoms with Gasteiger partial charge in [0.05, 0.1) is 13.2 Å². The van der Waals surface area contributed by atoms with E-state index >= 15 is 0 Å². The molecular weight excluding hydrogens is 268 g/mol. The molecule has 1 saturated heterocycles. The predicted octanol–water partition coefficient (Wildman–Crippen LogP) is 3.46. The summed E-state index contributed by atoms with van der Waals surface area (Å²) in [6, 6.07) is 0. The van der Waals surface area contributed by atoms with E-state index in [9.17, 15) is 9.59 Å². The van der Waals surface area contributed by atoms with Crippen LogP contribution < -0.4 is 0 Å². The summed E-state index contributed by atoms with van der Waals surface area (Å²) < 4.78 is 10.8. The maximum absolute atomic E-state index is 11.6. The average molecular weight is 298 g/mol. The Balaban J connectivity index is 2.19. The van der Waals surface area contributed by atoms with E-state index < -0.39 is 0 Å². The van der Waals surface area contributed by atoms with Crippen molar-refractivity contribution >= 4 is 11.6 Å². The highest BCUT2D eigenvalue weighted by Crippen LogP contribution is 2.10. The van der Waals surface area contributed by atoms with Crippen LogP contribution in [-0.4, -0.2) is 38.0 Å². The molecule has 0 spiro atoms. The van der Waals surface area contributed by atoms with Crippen molar-refractivity contribution in [1.82, 2.24) is 0 Å². The molecule has 0 aromatic carbocycles. The molecule has 0 saturated carbocycles. The maximum atomic E-state index is 11.6. The van der Waals surface area contributed by atoms with Gasteiger partial charge in [-0.2, -0.15) is 0 Å². The SMILES string of the molecule is O=C1CCCCCCCC(=O)CCCOCCOCCC1. The molecule has 1 rings (SSSR count). The second kappa shape index (κ2) is 13.0. The number of ketones is 2. The van der Waals surface area contributed by atoms with E-state index in [2.05, 4.69) is 0 Å². The Morgan fingerprint density at radius 2 is 0.857 bits per heavy atom. The van der Waals surface area contributed by atoms with Crippen molar-refractivity contribution in [3.05, 3.63) is 0 Å². The van der Waals surface area contributed by atoms with Crippen LogP contribution in [0.1, 0.15) is 70.6 Å². The van der Waals surface area contributed by atoms with E-state index in [1.165, 1.54) is 0 Å². The highest BCUT2D eigenvalue weighted by molar-refractivity contribution is 5.78. The van der Waals surface area contributed by atoms with Gasteiger partial charge in [-0.1, -0.05) is 19.3 Å². The first-order valence-electron chi connectivity index (χ1n) is 8.48. The molecule has 4 nitrogen and oxygen atoms in total. The lowest BCUT2D eigenvalue weighted by atomic mass is 10.0. The normalized spacial score (nSPS) is 23.0. The van der Waals surface area contributed by atoms with Crippen molar-refractivity contribution in [3.63, 3.8) is 0 Å². The van der Waals surface area contributed by atoms with Gasteiger partial charge in [-0.25, -0.2) is 0 Å². The van der Waals surface area contributed by atoms with Crippen molar-refractivity contribution < 1.29 is 19.1 Å². The molecule has 122 valence electrons. The Hall–Kier alpha value is -0.740. The predicted molar refractivity (Wildman–Crippen MR) is 82.4 cm³/mol. The van der Waals surface area contributed by atoms with Gasteiger partial charge in [0.15, 0.2) is 0 Å². The topological polar surface area (TPSA) is 52.6 Å². The maximum Gasteiger partial charge on any atom is 0.132 e. The van der Waals surface area contributed by atoms with Gasteiger partial charge in [-0.05, 0) is 25.7 Å². The number of hydrogen-bond donors (Lipinski definition) is 0. The first-order chi connectivity index (χ1) is 10.3. The second-order valence-corrected chi connectivity index (χ2v) is 5.78. The molecule has 0 amide bonds. The molecule has 0 bridgehead atoms. The van der Waals surface area contributed by atoms with E-state index in [0.717, 1.165) is 44.9 Å². The van der Waals surface area contributed by atoms with Crippen molar-refractivity contribution in [3.8, 4) is 0 Å². The number of Topliss-reactive ketones (excluding diaryl/α,β-unsaturated/α-hetero) is 2. The molecule has 0 aromatic heterocycles. The van der Waals surface area contributed by atoms with Crippen molar-refractivity contribution in [1.29, 1.82) is 0 Å². The van der Waals surface area contributed by atoms with E-state index in [1.54, 1.807) is 0 Å². The first-order valence-corrected chi connectivity index (χ1v) is 8.48. The molecule has 1 aliphatic heterocycles. The molecule has 1 heterocycles. The van der Waals surface area contributed by atoms with Gasteiger partial charge >= 0.3 is 0 Å². The molecule has 21 heavy (non-hydrogen) atoms. The summed E-state index contributed by atoms with van der Waals surface area (Å²) in [6.45, 7) is 2.41. The van der Waals surface area contributed by atoms with E-state index in [0.29, 0.717) is 63.7 Å². The van der Waals surface area contributed by atoms with Gasteiger partial charge < -0.3 is 9.47 Å². The zero-order valence-electron chi connectivity index (χ0n) is 13.2. The minimum Gasteiger partial charge on any atom is -0.379 e. The number of rotatable bonds is 0. The first kappa shape index (κ1) is 18.3. The Bertz CT molecular complexity index is 261. The molecule has 1 fully saturated rings. The van der Waals surface area contributed by atoms with Gasteiger partial charge in [-0.3, -0.25) is 9.59 Å². The third kappa shape index (κ3) is 11.6. The van der Waals surface area contributed by atoms with Crippen LogP contribution in [0, 0.1) is 0 Å². The standard InChI is InChI=1S/C17H30O4/c18-16-8-4-2-1-3-5-9-17(19)11-7-13-21-15-14-20-12-6-10-16/h1-15H2. The highest BCUT2D eigenvalue weighted by Gasteiger charge is 2.04. The van der Waals surface area contributed by atoms with Gasteiger partial charge in [0.25, 0.3) is 0 Å². The van der Waals surface area contributed by atoms with Crippen LogP contribution in [0.15, 0.2) is 0 Å². The molecule has 0 radical (unpaired) electrons. The van der Waals surface area contributed by atoms with Gasteiger partial charge in [0.1, 0.15) is 11.6 Å². The summed E-state index contributed by atoms with van der Waals surface area (Å²) >= 11 is 0. The average Bonchev–Trinajstić information content (AvgIpc) is 2.47. The van der Waals surface area contributed by atoms with E-state index in [1.807, 2.05) is 0 Å². The lowest BCUT2D eigenvalue weighted by molar-refractivity contribution is -0.120. The van der Waals surface area contributed by atoms with Gasteiger partial charge in [0.2, 0.25) is 0 Å². The van der Waals surface area contributed by atoms with Crippen molar-refractivity contribution in [2.24, 2.45) is 0 Å². The molecule has 0 unspecified atom stereocenters. The zero-order valence-corrected chi connectivity index (χ0v) is 13.2. The van der Waals surface area contributed by atoms with Gasteiger partial charge in [0, 0.05) is 38.9 Å². The summed E-state index contributed by atoms with van der Waals surface area (Å²) in [5.74, 6) is 0.700. The summed E-state index contributed by atoms with van der Waals surface area (Å²) in [7, 11) is 0. The van der Waals surface area contributed by atoms with Crippen LogP contribution in [0.5, 0.6) is 0 Å². The Labute approximate surface area is 128 Å². The number of ether oxygens (including phenoxy) is 2. The van der Waals surface area contributed by atoms with Crippen molar-refractivity contribution in [2.45, 2.75) is 70.6 Å². The lowest BCUT2D eigenvalue weighted by Crippen LogP contribution is -2.08. The Kier molecular flexibility index (Phi) is 11.3. The minimum absolute atomic E-state index is 0.350. The fourth-order valence-corrected chi connectivity index (χ4v) is 2.49. The molecule has 1 aliphatic rings. The molecule has 0 atom stereocenters. The molecule has 0 N–H and O–H groups in total. The van der Waals surface area contributed by atoms with Crippen LogP contribution in [0.4, 0.5) is 0 Å². The number of hydrogen-bond acceptors (Lipinski definition) is 4. The summed E-state index contributed by atoms with van der Waals surface area (Å²) in [4.78, 5) is 23.3. The molecule has 0 aromatic rings. The quantitative estimate of drug-likeness (QED) is 0.687. The Morgan fingerprint density at radius 3 is 1.33 bits per heavy atom. The fraction of sp³-hybridized carbons (Fsp3) is 0.882. The van der Waals surface area contributed by atoms with Crippen LogP contribution in [-0.2, 0) is 19.1 Å². The smallest absolute Gasteiger partial charge is 0.132 e. The minimum atomic E-state index is 0.350. The monoisotopic (exact) mass is 298 g/mol. The summed E-state index contributed by atoms with van der Waals surface area (Å²) in [5.41, 5.74) is 0. The van der Waals surface area contributed by atoms with E-state index in [-0.39, 0.29) is 0 Å². The molecular formula is C17H30O4. The zero-order chi connectivity index (χ0) is 15.2. The number of carbonyl (C=O) groups excluding carboxylic acids is 2. The van der Waals surface area contributed by atoms with Crippen LogP contribution >= 0.6 is 0 Å². The third-order valence-corrected chi connectivity index (χ3v) is 3.77.